The summed E-state index contributed by atoms with van der Waals surface area (Å²) in [6.07, 6.45) is 1.08. The zero-order chi connectivity index (χ0) is 14.7. The maximum absolute atomic E-state index is 4.72. The minimum atomic E-state index is 0.813. The van der Waals surface area contributed by atoms with E-state index >= 15 is 0 Å². The van der Waals surface area contributed by atoms with E-state index in [0.29, 0.717) is 0 Å². The maximum atomic E-state index is 4.72. The third-order valence-electron chi connectivity index (χ3n) is 3.78. The molecule has 0 aliphatic heterocycles. The molecule has 3 nitrogen and oxygen atoms in total. The van der Waals surface area contributed by atoms with Gasteiger partial charge in [-0.15, -0.1) is 0 Å². The fourth-order valence-electron chi connectivity index (χ4n) is 2.16. The number of benzene rings is 1. The average Bonchev–Trinajstić information content (AvgIpc) is 2.43. The van der Waals surface area contributed by atoms with Gasteiger partial charge in [-0.05, 0) is 45.2 Å². The predicted octanol–water partition coefficient (Wildman–Crippen LogP) is 4.20. The first-order valence-electron chi connectivity index (χ1n) is 7.20. The Morgan fingerprint density at radius 1 is 1.00 bits per heavy atom. The van der Waals surface area contributed by atoms with Crippen LogP contribution in [0.5, 0.6) is 0 Å². The second kappa shape index (κ2) is 6.04. The number of aryl methyl sites for hydroxylation is 2. The zero-order valence-corrected chi connectivity index (χ0v) is 13.0. The molecule has 0 amide bonds. The van der Waals surface area contributed by atoms with Crippen LogP contribution in [0.2, 0.25) is 0 Å². The lowest BCUT2D eigenvalue weighted by atomic mass is 10.0. The topological polar surface area (TPSA) is 37.8 Å². The monoisotopic (exact) mass is 269 g/mol. The molecule has 2 aromatic rings. The van der Waals surface area contributed by atoms with Crippen molar-refractivity contribution >= 4 is 5.82 Å². The zero-order valence-electron chi connectivity index (χ0n) is 13.0. The lowest BCUT2D eigenvalue weighted by molar-refractivity contribution is 0.954. The second-order valence-corrected chi connectivity index (χ2v) is 5.28. The maximum Gasteiger partial charge on any atom is 0.162 e. The molecule has 0 aliphatic rings. The van der Waals surface area contributed by atoms with Gasteiger partial charge in [-0.3, -0.25) is 0 Å². The molecule has 0 atom stereocenters. The Bertz CT molecular complexity index is 618. The Balaban J connectivity index is 2.52. The molecule has 0 bridgehead atoms. The largest absolute Gasteiger partial charge is 0.370 e. The van der Waals surface area contributed by atoms with Crippen LogP contribution in [-0.2, 0) is 0 Å². The van der Waals surface area contributed by atoms with Crippen LogP contribution in [0.3, 0.4) is 0 Å². The summed E-state index contributed by atoms with van der Waals surface area (Å²) in [5, 5.41) is 3.40. The molecule has 0 saturated heterocycles. The summed E-state index contributed by atoms with van der Waals surface area (Å²) in [6, 6.07) is 6.28. The molecule has 1 heterocycles. The van der Waals surface area contributed by atoms with Crippen LogP contribution >= 0.6 is 0 Å². The average molecular weight is 269 g/mol. The fraction of sp³-hybridized carbons (Fsp3) is 0.412. The molecule has 0 spiro atoms. The Hall–Kier alpha value is -1.90. The van der Waals surface area contributed by atoms with Gasteiger partial charge in [0, 0.05) is 23.4 Å². The van der Waals surface area contributed by atoms with Gasteiger partial charge in [-0.1, -0.05) is 25.1 Å². The summed E-state index contributed by atoms with van der Waals surface area (Å²) in [5.41, 5.74) is 5.80. The van der Waals surface area contributed by atoms with E-state index in [0.717, 1.165) is 41.4 Å². The molecule has 0 radical (unpaired) electrons. The highest BCUT2D eigenvalue weighted by Gasteiger charge is 2.11. The normalized spacial score (nSPS) is 10.7. The van der Waals surface area contributed by atoms with Crippen LogP contribution in [0.4, 0.5) is 5.82 Å². The number of rotatable bonds is 4. The highest BCUT2D eigenvalue weighted by Crippen LogP contribution is 2.25. The molecule has 0 saturated carbocycles. The molecule has 106 valence electrons. The third kappa shape index (κ3) is 2.82. The summed E-state index contributed by atoms with van der Waals surface area (Å²) in [6.45, 7) is 11.5. The van der Waals surface area contributed by atoms with E-state index in [1.807, 2.05) is 6.92 Å². The van der Waals surface area contributed by atoms with Gasteiger partial charge in [0.1, 0.15) is 5.82 Å². The number of aromatic nitrogens is 2. The van der Waals surface area contributed by atoms with Crippen LogP contribution in [0.1, 0.15) is 35.7 Å². The van der Waals surface area contributed by atoms with Crippen molar-refractivity contribution in [1.29, 1.82) is 0 Å². The van der Waals surface area contributed by atoms with Crippen molar-refractivity contribution in [3.05, 3.63) is 40.6 Å². The highest BCUT2D eigenvalue weighted by atomic mass is 15.0. The van der Waals surface area contributed by atoms with Gasteiger partial charge in [0.15, 0.2) is 5.82 Å². The van der Waals surface area contributed by atoms with Crippen LogP contribution in [-0.4, -0.2) is 16.5 Å². The minimum Gasteiger partial charge on any atom is -0.370 e. The van der Waals surface area contributed by atoms with E-state index in [2.05, 4.69) is 56.2 Å². The molecule has 20 heavy (non-hydrogen) atoms. The van der Waals surface area contributed by atoms with Gasteiger partial charge in [-0.2, -0.15) is 0 Å². The van der Waals surface area contributed by atoms with Crippen LogP contribution in [0.15, 0.2) is 18.2 Å². The fourth-order valence-corrected chi connectivity index (χ4v) is 2.16. The van der Waals surface area contributed by atoms with Gasteiger partial charge < -0.3 is 5.32 Å². The van der Waals surface area contributed by atoms with Gasteiger partial charge in [0.25, 0.3) is 0 Å². The number of nitrogens with one attached hydrogen (secondary N) is 1. The molecule has 0 aliphatic carbocycles. The van der Waals surface area contributed by atoms with E-state index in [1.165, 1.54) is 11.1 Å². The molecule has 2 rings (SSSR count). The standard InChI is InChI=1S/C17H23N3/c1-6-10-18-16-13(4)14(5)19-17(20-16)15-9-7-8-11(2)12(15)3/h7-9H,6,10H2,1-5H3,(H,18,19,20). The summed E-state index contributed by atoms with van der Waals surface area (Å²) in [4.78, 5) is 9.38. The summed E-state index contributed by atoms with van der Waals surface area (Å²) >= 11 is 0. The number of hydrogen-bond donors (Lipinski definition) is 1. The molecule has 3 heteroatoms. The summed E-state index contributed by atoms with van der Waals surface area (Å²) < 4.78 is 0. The van der Waals surface area contributed by atoms with Crippen molar-refractivity contribution in [3.8, 4) is 11.4 Å². The Kier molecular flexibility index (Phi) is 4.38. The summed E-state index contributed by atoms with van der Waals surface area (Å²) in [5.74, 6) is 1.77. The molecule has 0 unspecified atom stereocenters. The first kappa shape index (κ1) is 14.5. The van der Waals surface area contributed by atoms with Crippen LogP contribution in [0.25, 0.3) is 11.4 Å². The van der Waals surface area contributed by atoms with E-state index in [-0.39, 0.29) is 0 Å². The quantitative estimate of drug-likeness (QED) is 0.904. The molecule has 1 aromatic carbocycles. The van der Waals surface area contributed by atoms with Gasteiger partial charge in [-0.25, -0.2) is 9.97 Å². The number of nitrogens with zero attached hydrogens (tertiary/aromatic N) is 2. The van der Waals surface area contributed by atoms with Gasteiger partial charge >= 0.3 is 0 Å². The van der Waals surface area contributed by atoms with Crippen LogP contribution in [0, 0.1) is 27.7 Å². The smallest absolute Gasteiger partial charge is 0.162 e. The highest BCUT2D eigenvalue weighted by molar-refractivity contribution is 5.64. The van der Waals surface area contributed by atoms with Crippen molar-refractivity contribution in [2.45, 2.75) is 41.0 Å². The number of anilines is 1. The first-order chi connectivity index (χ1) is 9.54. The van der Waals surface area contributed by atoms with E-state index in [9.17, 15) is 0 Å². The van der Waals surface area contributed by atoms with E-state index in [1.54, 1.807) is 0 Å². The third-order valence-corrected chi connectivity index (χ3v) is 3.78. The Labute approximate surface area is 121 Å². The van der Waals surface area contributed by atoms with Crippen molar-refractivity contribution in [2.24, 2.45) is 0 Å². The van der Waals surface area contributed by atoms with Gasteiger partial charge in [0.2, 0.25) is 0 Å². The van der Waals surface area contributed by atoms with E-state index < -0.39 is 0 Å². The molecule has 1 aromatic heterocycles. The van der Waals surface area contributed by atoms with Crippen molar-refractivity contribution in [1.82, 2.24) is 9.97 Å². The lowest BCUT2D eigenvalue weighted by Crippen LogP contribution is -2.08. The minimum absolute atomic E-state index is 0.813. The predicted molar refractivity (Wildman–Crippen MR) is 85.2 cm³/mol. The van der Waals surface area contributed by atoms with Crippen molar-refractivity contribution < 1.29 is 0 Å². The Morgan fingerprint density at radius 3 is 2.45 bits per heavy atom. The van der Waals surface area contributed by atoms with Crippen molar-refractivity contribution in [2.75, 3.05) is 11.9 Å². The van der Waals surface area contributed by atoms with Crippen LogP contribution < -0.4 is 5.32 Å². The Morgan fingerprint density at radius 2 is 1.75 bits per heavy atom. The van der Waals surface area contributed by atoms with E-state index in [4.69, 9.17) is 4.98 Å². The SMILES string of the molecule is CCCNc1nc(-c2cccc(C)c2C)nc(C)c1C. The first-order valence-corrected chi connectivity index (χ1v) is 7.20. The molecule has 0 fully saturated rings. The lowest BCUT2D eigenvalue weighted by Gasteiger charge is -2.13. The molecular weight excluding hydrogens is 246 g/mol. The molecular formula is C17H23N3. The van der Waals surface area contributed by atoms with Crippen molar-refractivity contribution in [3.63, 3.8) is 0 Å². The number of hydrogen-bond acceptors (Lipinski definition) is 3. The second-order valence-electron chi connectivity index (χ2n) is 5.28. The van der Waals surface area contributed by atoms with Gasteiger partial charge in [0.05, 0.1) is 0 Å². The summed E-state index contributed by atoms with van der Waals surface area (Å²) in [7, 11) is 0. The molecule has 1 N–H and O–H groups in total.